The minimum atomic E-state index is -0.229. The van der Waals surface area contributed by atoms with Crippen LogP contribution in [0.2, 0.25) is 0 Å². The number of H-pyrrole nitrogens is 1. The van der Waals surface area contributed by atoms with Crippen LogP contribution in [0.1, 0.15) is 34.6 Å². The third-order valence-electron chi connectivity index (χ3n) is 4.57. The van der Waals surface area contributed by atoms with Crippen molar-refractivity contribution in [2.45, 2.75) is 19.9 Å². The fourth-order valence-electron chi connectivity index (χ4n) is 3.13. The molecule has 8 nitrogen and oxygen atoms in total. The highest BCUT2D eigenvalue weighted by atomic mass is 16.1. The highest BCUT2D eigenvalue weighted by Crippen LogP contribution is 2.22. The van der Waals surface area contributed by atoms with Crippen LogP contribution in [0.25, 0.3) is 17.2 Å². The number of amides is 1. The minimum Gasteiger partial charge on any atom is -0.345 e. The van der Waals surface area contributed by atoms with Crippen molar-refractivity contribution in [1.82, 2.24) is 35.3 Å². The summed E-state index contributed by atoms with van der Waals surface area (Å²) in [4.78, 5) is 21.4. The van der Waals surface area contributed by atoms with Gasteiger partial charge in [-0.2, -0.15) is 10.2 Å². The van der Waals surface area contributed by atoms with Gasteiger partial charge in [0.05, 0.1) is 17.8 Å². The summed E-state index contributed by atoms with van der Waals surface area (Å²) in [6, 6.07) is 12.7. The Hall–Kier alpha value is -3.81. The first kappa shape index (κ1) is 17.6. The van der Waals surface area contributed by atoms with Gasteiger partial charge < -0.3 is 5.32 Å². The van der Waals surface area contributed by atoms with Crippen molar-refractivity contribution in [1.29, 1.82) is 0 Å². The third-order valence-corrected chi connectivity index (χ3v) is 4.57. The summed E-state index contributed by atoms with van der Waals surface area (Å²) in [5.74, 6) is 1.10. The van der Waals surface area contributed by atoms with Gasteiger partial charge in [0.25, 0.3) is 5.91 Å². The predicted molar refractivity (Wildman–Crippen MR) is 104 cm³/mol. The van der Waals surface area contributed by atoms with E-state index in [4.69, 9.17) is 0 Å². The first-order valence-corrected chi connectivity index (χ1v) is 8.86. The maximum absolute atomic E-state index is 12.9. The molecule has 2 N–H and O–H groups in total. The van der Waals surface area contributed by atoms with Crippen LogP contribution < -0.4 is 5.32 Å². The second-order valence-corrected chi connectivity index (χ2v) is 6.36. The summed E-state index contributed by atoms with van der Waals surface area (Å²) >= 11 is 0. The number of rotatable bonds is 5. The zero-order valence-electron chi connectivity index (χ0n) is 15.5. The summed E-state index contributed by atoms with van der Waals surface area (Å²) in [5.41, 5.74) is 3.08. The molecule has 3 heterocycles. The molecule has 0 aliphatic rings. The lowest BCUT2D eigenvalue weighted by Gasteiger charge is -2.15. The molecule has 1 aromatic carbocycles. The van der Waals surface area contributed by atoms with Crippen molar-refractivity contribution in [2.75, 3.05) is 0 Å². The molecule has 0 saturated carbocycles. The molecule has 0 saturated heterocycles. The number of carbonyl (C=O) groups excluding carboxylic acids is 1. The van der Waals surface area contributed by atoms with Gasteiger partial charge >= 0.3 is 0 Å². The van der Waals surface area contributed by atoms with Crippen LogP contribution in [0.15, 0.2) is 61.2 Å². The van der Waals surface area contributed by atoms with Gasteiger partial charge in [-0.1, -0.05) is 24.3 Å². The maximum atomic E-state index is 12.9. The van der Waals surface area contributed by atoms with Crippen molar-refractivity contribution in [3.05, 3.63) is 78.0 Å². The van der Waals surface area contributed by atoms with Crippen LogP contribution in [-0.4, -0.2) is 35.9 Å². The fraction of sp³-hybridized carbons (Fsp3) is 0.150. The smallest absolute Gasteiger partial charge is 0.252 e. The number of hydrogen-bond donors (Lipinski definition) is 2. The summed E-state index contributed by atoms with van der Waals surface area (Å²) in [6.45, 7) is 3.89. The molecule has 4 rings (SSSR count). The van der Waals surface area contributed by atoms with Crippen molar-refractivity contribution >= 4 is 5.91 Å². The molecule has 8 heteroatoms. The van der Waals surface area contributed by atoms with Crippen molar-refractivity contribution in [3.63, 3.8) is 0 Å². The standard InChI is InChI=1S/C20H19N7O/c1-13(17-11-24-27(14(17)2)18-9-5-6-10-21-18)25-20(28)16-8-4-3-7-15(16)19-22-12-23-26-19/h3-13H,1-2H3,(H,25,28)(H,22,23,26)/t13-/m0/s1. The number of benzene rings is 1. The summed E-state index contributed by atoms with van der Waals surface area (Å²) < 4.78 is 1.76. The SMILES string of the molecule is Cc1c([C@H](C)NC(=O)c2ccccc2-c2ncn[nH]2)cnn1-c1ccccn1. The lowest BCUT2D eigenvalue weighted by atomic mass is 10.0. The molecule has 4 aromatic rings. The third kappa shape index (κ3) is 3.27. The summed E-state index contributed by atoms with van der Waals surface area (Å²) in [6.07, 6.45) is 4.90. The van der Waals surface area contributed by atoms with Gasteiger partial charge in [0.1, 0.15) is 6.33 Å². The van der Waals surface area contributed by atoms with E-state index in [1.54, 1.807) is 23.1 Å². The summed E-state index contributed by atoms with van der Waals surface area (Å²) in [5, 5.41) is 14.1. The average molecular weight is 373 g/mol. The van der Waals surface area contributed by atoms with E-state index >= 15 is 0 Å². The average Bonchev–Trinajstić information content (AvgIpc) is 3.38. The van der Waals surface area contributed by atoms with E-state index < -0.39 is 0 Å². The molecule has 0 aliphatic carbocycles. The van der Waals surface area contributed by atoms with E-state index in [9.17, 15) is 4.79 Å². The van der Waals surface area contributed by atoms with E-state index in [0.717, 1.165) is 17.1 Å². The molecule has 1 atom stereocenters. The van der Waals surface area contributed by atoms with Crippen LogP contribution in [0.5, 0.6) is 0 Å². The second kappa shape index (κ2) is 7.43. The molecule has 0 bridgehead atoms. The van der Waals surface area contributed by atoms with Gasteiger partial charge in [0.2, 0.25) is 0 Å². The molecular weight excluding hydrogens is 354 g/mol. The second-order valence-electron chi connectivity index (χ2n) is 6.36. The minimum absolute atomic E-state index is 0.190. The predicted octanol–water partition coefficient (Wildman–Crippen LogP) is 2.85. The molecule has 1 amide bonds. The maximum Gasteiger partial charge on any atom is 0.252 e. The Kier molecular flexibility index (Phi) is 4.67. The lowest BCUT2D eigenvalue weighted by Crippen LogP contribution is -2.27. The Morgan fingerprint density at radius 3 is 2.71 bits per heavy atom. The van der Waals surface area contributed by atoms with E-state index in [-0.39, 0.29) is 11.9 Å². The highest BCUT2D eigenvalue weighted by molar-refractivity contribution is 6.00. The molecule has 0 fully saturated rings. The number of hydrogen-bond acceptors (Lipinski definition) is 5. The van der Waals surface area contributed by atoms with E-state index in [2.05, 4.69) is 30.6 Å². The first-order chi connectivity index (χ1) is 13.6. The van der Waals surface area contributed by atoms with Gasteiger partial charge in [0.15, 0.2) is 11.6 Å². The molecule has 0 spiro atoms. The first-order valence-electron chi connectivity index (χ1n) is 8.86. The normalized spacial score (nSPS) is 11.9. The van der Waals surface area contributed by atoms with Gasteiger partial charge in [-0.05, 0) is 32.0 Å². The number of carbonyl (C=O) groups is 1. The van der Waals surface area contributed by atoms with E-state index in [1.165, 1.54) is 6.33 Å². The zero-order valence-corrected chi connectivity index (χ0v) is 15.5. The van der Waals surface area contributed by atoms with Crippen LogP contribution in [0, 0.1) is 6.92 Å². The van der Waals surface area contributed by atoms with Crippen LogP contribution in [0.3, 0.4) is 0 Å². The Labute approximate surface area is 161 Å². The van der Waals surface area contributed by atoms with Crippen molar-refractivity contribution < 1.29 is 4.79 Å². The van der Waals surface area contributed by atoms with E-state index in [1.807, 2.05) is 50.2 Å². The van der Waals surface area contributed by atoms with Gasteiger partial charge in [-0.15, -0.1) is 0 Å². The van der Waals surface area contributed by atoms with Gasteiger partial charge in [0, 0.05) is 23.0 Å². The molecule has 0 radical (unpaired) electrons. The fourth-order valence-corrected chi connectivity index (χ4v) is 3.13. The number of aromatic amines is 1. The highest BCUT2D eigenvalue weighted by Gasteiger charge is 2.20. The van der Waals surface area contributed by atoms with Crippen LogP contribution in [-0.2, 0) is 0 Å². The molecule has 140 valence electrons. The quantitative estimate of drug-likeness (QED) is 0.560. The Morgan fingerprint density at radius 1 is 1.14 bits per heavy atom. The van der Waals surface area contributed by atoms with Gasteiger partial charge in [-0.3, -0.25) is 9.89 Å². The molecular formula is C20H19N7O. The molecule has 0 aliphatic heterocycles. The monoisotopic (exact) mass is 373 g/mol. The van der Waals surface area contributed by atoms with Crippen LogP contribution in [0.4, 0.5) is 0 Å². The number of nitrogens with one attached hydrogen (secondary N) is 2. The Bertz CT molecular complexity index is 1090. The zero-order chi connectivity index (χ0) is 19.5. The van der Waals surface area contributed by atoms with Gasteiger partial charge in [-0.25, -0.2) is 14.6 Å². The van der Waals surface area contributed by atoms with E-state index in [0.29, 0.717) is 17.0 Å². The number of pyridine rings is 1. The Balaban J connectivity index is 1.58. The van der Waals surface area contributed by atoms with Crippen molar-refractivity contribution in [2.24, 2.45) is 0 Å². The van der Waals surface area contributed by atoms with Crippen LogP contribution >= 0.6 is 0 Å². The number of nitrogens with zero attached hydrogens (tertiary/aromatic N) is 5. The summed E-state index contributed by atoms with van der Waals surface area (Å²) in [7, 11) is 0. The molecule has 3 aromatic heterocycles. The largest absolute Gasteiger partial charge is 0.345 e. The lowest BCUT2D eigenvalue weighted by molar-refractivity contribution is 0.0940. The number of aromatic nitrogens is 6. The molecule has 28 heavy (non-hydrogen) atoms. The Morgan fingerprint density at radius 2 is 1.96 bits per heavy atom. The van der Waals surface area contributed by atoms with Crippen molar-refractivity contribution in [3.8, 4) is 17.2 Å². The topological polar surface area (TPSA) is 101 Å². The molecule has 0 unspecified atom stereocenters.